The van der Waals surface area contributed by atoms with Gasteiger partial charge in [0.25, 0.3) is 0 Å². The van der Waals surface area contributed by atoms with Crippen LogP contribution in [0.5, 0.6) is 23.0 Å². The SMILES string of the molecule is C#CCBr.C#CCO[C@@H](C=C)c1ccc(OC)c(OC)c1.C=C[C@H](O)c1ccc(OC)c(OC)c1. The first kappa shape index (κ1) is 31.6. The van der Waals surface area contributed by atoms with E-state index in [1.165, 1.54) is 6.08 Å². The van der Waals surface area contributed by atoms with E-state index in [2.05, 4.69) is 40.9 Å². The van der Waals surface area contributed by atoms with E-state index in [1.807, 2.05) is 18.2 Å². The second-order valence-electron chi connectivity index (χ2n) is 6.42. The average molecular weight is 545 g/mol. The van der Waals surface area contributed by atoms with E-state index in [0.29, 0.717) is 28.3 Å². The Balaban J connectivity index is 0.000000581. The summed E-state index contributed by atoms with van der Waals surface area (Å²) in [5.74, 6) is 7.35. The fourth-order valence-electron chi connectivity index (χ4n) is 2.64. The summed E-state index contributed by atoms with van der Waals surface area (Å²) in [5, 5.41) is 10.2. The van der Waals surface area contributed by atoms with Crippen LogP contribution in [0.15, 0.2) is 61.7 Å². The second kappa shape index (κ2) is 19.0. The van der Waals surface area contributed by atoms with Crippen molar-refractivity contribution < 1.29 is 28.8 Å². The molecule has 0 aliphatic heterocycles. The molecule has 2 aromatic rings. The van der Waals surface area contributed by atoms with Crippen LogP contribution in [0.25, 0.3) is 0 Å². The molecule has 2 rings (SSSR count). The lowest BCUT2D eigenvalue weighted by atomic mass is 10.1. The molecule has 0 saturated carbocycles. The van der Waals surface area contributed by atoms with Gasteiger partial charge >= 0.3 is 0 Å². The van der Waals surface area contributed by atoms with Gasteiger partial charge in [0.15, 0.2) is 23.0 Å². The van der Waals surface area contributed by atoms with Crippen LogP contribution in [0.3, 0.4) is 0 Å². The Hall–Kier alpha value is -3.36. The highest BCUT2D eigenvalue weighted by molar-refractivity contribution is 9.09. The van der Waals surface area contributed by atoms with Crippen molar-refractivity contribution in [1.82, 2.24) is 0 Å². The van der Waals surface area contributed by atoms with E-state index in [4.69, 9.17) is 36.5 Å². The van der Waals surface area contributed by atoms with Crippen molar-refractivity contribution in [3.05, 3.63) is 72.8 Å². The van der Waals surface area contributed by atoms with Gasteiger partial charge in [0.1, 0.15) is 12.7 Å². The van der Waals surface area contributed by atoms with Gasteiger partial charge in [-0.15, -0.1) is 26.0 Å². The zero-order valence-corrected chi connectivity index (χ0v) is 22.2. The van der Waals surface area contributed by atoms with Crippen LogP contribution in [-0.2, 0) is 4.74 Å². The number of hydrogen-bond acceptors (Lipinski definition) is 6. The molecule has 0 aromatic heterocycles. The zero-order chi connectivity index (χ0) is 26.6. The minimum absolute atomic E-state index is 0.241. The molecule has 0 heterocycles. The van der Waals surface area contributed by atoms with Crippen molar-refractivity contribution in [1.29, 1.82) is 0 Å². The highest BCUT2D eigenvalue weighted by atomic mass is 79.9. The molecule has 0 unspecified atom stereocenters. The van der Waals surface area contributed by atoms with Crippen molar-refractivity contribution in [3.8, 4) is 47.7 Å². The standard InChI is InChI=1S/C14H16O3.C11H14O3.C3H3Br/c1-5-9-17-12(6-2)11-7-8-13(15-3)14(10-11)16-4;1-4-9(12)8-5-6-10(13-2)11(7-8)14-3;1-2-3-4/h1,6-8,10,12H,2,9H2,3-4H3;4-7,9,12H,1H2,2-3H3;1H,3H2/t12-;9-;/m00./s1. The number of benzene rings is 2. The molecule has 0 saturated heterocycles. The molecule has 6 nitrogen and oxygen atoms in total. The molecule has 35 heavy (non-hydrogen) atoms. The molecule has 0 radical (unpaired) electrons. The number of terminal acetylenes is 2. The second-order valence-corrected chi connectivity index (χ2v) is 6.98. The summed E-state index contributed by atoms with van der Waals surface area (Å²) in [4.78, 5) is 0. The van der Waals surface area contributed by atoms with E-state index in [-0.39, 0.29) is 12.7 Å². The summed E-state index contributed by atoms with van der Waals surface area (Å²) in [5.41, 5.74) is 1.66. The molecule has 188 valence electrons. The fourth-order valence-corrected chi connectivity index (χ4v) is 2.64. The van der Waals surface area contributed by atoms with Crippen molar-refractivity contribution in [2.45, 2.75) is 12.2 Å². The first-order valence-electron chi connectivity index (χ1n) is 10.3. The number of aliphatic hydroxyl groups is 1. The lowest BCUT2D eigenvalue weighted by Gasteiger charge is -2.15. The molecule has 0 spiro atoms. The lowest BCUT2D eigenvalue weighted by Crippen LogP contribution is -2.02. The Labute approximate surface area is 217 Å². The summed E-state index contributed by atoms with van der Waals surface area (Å²) in [7, 11) is 6.31. The van der Waals surface area contributed by atoms with Crippen LogP contribution in [0.1, 0.15) is 23.3 Å². The van der Waals surface area contributed by atoms with Crippen LogP contribution in [0.4, 0.5) is 0 Å². The lowest BCUT2D eigenvalue weighted by molar-refractivity contribution is 0.114. The summed E-state index contributed by atoms with van der Waals surface area (Å²) in [6.07, 6.45) is 12.1. The van der Waals surface area contributed by atoms with E-state index < -0.39 is 6.10 Å². The first-order valence-corrected chi connectivity index (χ1v) is 11.4. The number of hydrogen-bond donors (Lipinski definition) is 1. The summed E-state index contributed by atoms with van der Waals surface area (Å²) in [6, 6.07) is 10.8. The maximum absolute atomic E-state index is 9.50. The summed E-state index contributed by atoms with van der Waals surface area (Å²) >= 11 is 3.01. The monoisotopic (exact) mass is 544 g/mol. The Kier molecular flexibility index (Phi) is 17.2. The molecular weight excluding hydrogens is 512 g/mol. The number of methoxy groups -OCH3 is 4. The minimum Gasteiger partial charge on any atom is -0.493 e. The molecular formula is C28H33BrO6. The third kappa shape index (κ3) is 11.1. The number of rotatable bonds is 10. The van der Waals surface area contributed by atoms with Gasteiger partial charge in [0.05, 0.1) is 39.9 Å². The number of alkyl halides is 1. The molecule has 0 aliphatic carbocycles. The molecule has 0 aliphatic rings. The van der Waals surface area contributed by atoms with Crippen LogP contribution < -0.4 is 18.9 Å². The van der Waals surface area contributed by atoms with Crippen LogP contribution in [-0.4, -0.2) is 45.5 Å². The quantitative estimate of drug-likeness (QED) is 0.241. The van der Waals surface area contributed by atoms with E-state index in [9.17, 15) is 5.11 Å². The van der Waals surface area contributed by atoms with Gasteiger partial charge in [-0.3, -0.25) is 0 Å². The van der Waals surface area contributed by atoms with Gasteiger partial charge in [0.2, 0.25) is 0 Å². The fraction of sp³-hybridized carbons (Fsp3) is 0.286. The van der Waals surface area contributed by atoms with Crippen molar-refractivity contribution >= 4 is 15.9 Å². The average Bonchev–Trinajstić information content (AvgIpc) is 2.92. The topological polar surface area (TPSA) is 66.4 Å². The predicted molar refractivity (Wildman–Crippen MR) is 145 cm³/mol. The largest absolute Gasteiger partial charge is 0.493 e. The van der Waals surface area contributed by atoms with Crippen LogP contribution >= 0.6 is 15.9 Å². The van der Waals surface area contributed by atoms with Crippen LogP contribution in [0, 0.1) is 24.7 Å². The maximum Gasteiger partial charge on any atom is 0.161 e. The van der Waals surface area contributed by atoms with Crippen molar-refractivity contribution in [2.75, 3.05) is 40.4 Å². The highest BCUT2D eigenvalue weighted by Crippen LogP contribution is 2.31. The number of ether oxygens (including phenoxy) is 5. The van der Waals surface area contributed by atoms with E-state index >= 15 is 0 Å². The maximum atomic E-state index is 9.50. The first-order chi connectivity index (χ1) is 16.9. The molecule has 0 bridgehead atoms. The van der Waals surface area contributed by atoms with Gasteiger partial charge in [-0.2, -0.15) is 0 Å². The Morgan fingerprint density at radius 1 is 0.829 bits per heavy atom. The summed E-state index contributed by atoms with van der Waals surface area (Å²) < 4.78 is 26.0. The van der Waals surface area contributed by atoms with E-state index in [0.717, 1.165) is 11.1 Å². The van der Waals surface area contributed by atoms with Crippen LogP contribution in [0.2, 0.25) is 0 Å². The molecule has 1 N–H and O–H groups in total. The van der Waals surface area contributed by atoms with Gasteiger partial charge in [0, 0.05) is 0 Å². The minimum atomic E-state index is -0.671. The van der Waals surface area contributed by atoms with Crippen molar-refractivity contribution in [2.24, 2.45) is 0 Å². The third-order valence-electron chi connectivity index (χ3n) is 4.35. The molecule has 0 amide bonds. The summed E-state index contributed by atoms with van der Waals surface area (Å²) in [6.45, 7) is 7.48. The Morgan fingerprint density at radius 2 is 1.29 bits per heavy atom. The predicted octanol–water partition coefficient (Wildman–Crippen LogP) is 5.52. The molecule has 0 fully saturated rings. The molecule has 2 atom stereocenters. The normalized spacial score (nSPS) is 10.9. The molecule has 7 heteroatoms. The smallest absolute Gasteiger partial charge is 0.161 e. The van der Waals surface area contributed by atoms with Gasteiger partial charge in [-0.05, 0) is 35.4 Å². The van der Waals surface area contributed by atoms with E-state index in [1.54, 1.807) is 52.7 Å². The van der Waals surface area contributed by atoms with Gasteiger partial charge in [-0.25, -0.2) is 0 Å². The van der Waals surface area contributed by atoms with Crippen molar-refractivity contribution in [3.63, 3.8) is 0 Å². The third-order valence-corrected chi connectivity index (χ3v) is 4.67. The number of halogens is 1. The molecule has 2 aromatic carbocycles. The van der Waals surface area contributed by atoms with Gasteiger partial charge < -0.3 is 28.8 Å². The Morgan fingerprint density at radius 3 is 1.66 bits per heavy atom. The highest BCUT2D eigenvalue weighted by Gasteiger charge is 2.11. The zero-order valence-electron chi connectivity index (χ0n) is 20.6. The number of aliphatic hydroxyl groups excluding tert-OH is 1. The Bertz CT molecular complexity index is 990. The van der Waals surface area contributed by atoms with Gasteiger partial charge in [-0.1, -0.05) is 52.1 Å².